The average molecular weight is 218 g/mol. The van der Waals surface area contributed by atoms with E-state index in [1.165, 1.54) is 6.07 Å². The van der Waals surface area contributed by atoms with Crippen molar-refractivity contribution < 1.29 is 14.6 Å². The molecule has 0 spiro atoms. The van der Waals surface area contributed by atoms with Crippen LogP contribution in [0.3, 0.4) is 0 Å². The molecule has 4 heteroatoms. The van der Waals surface area contributed by atoms with Crippen LogP contribution in [0.2, 0.25) is 0 Å². The first-order chi connectivity index (χ1) is 6.61. The van der Waals surface area contributed by atoms with E-state index in [0.717, 1.165) is 0 Å². The van der Waals surface area contributed by atoms with Crippen molar-refractivity contribution in [1.82, 2.24) is 0 Å². The zero-order chi connectivity index (χ0) is 10.6. The average Bonchev–Trinajstić information content (AvgIpc) is 2.15. The summed E-state index contributed by atoms with van der Waals surface area (Å²) in [6.45, 7) is 4.57. The van der Waals surface area contributed by atoms with Gasteiger partial charge in [-0.1, -0.05) is 26.0 Å². The Morgan fingerprint density at radius 1 is 1.40 bits per heavy atom. The summed E-state index contributed by atoms with van der Waals surface area (Å²) in [4.78, 5) is 10.8. The van der Waals surface area contributed by atoms with Gasteiger partial charge in [0.15, 0.2) is 0 Å². The number of hydrogen-bond donors (Lipinski definition) is 1. The molecule has 0 fully saturated rings. The molecule has 1 rings (SSSR count). The van der Waals surface area contributed by atoms with Crippen LogP contribution < -0.4 is 4.74 Å². The SMILES string of the molecule is CC(C)COc1ccccc1C(=O)O.[NaH]. The summed E-state index contributed by atoms with van der Waals surface area (Å²) in [5, 5.41) is 8.85. The zero-order valence-corrected chi connectivity index (χ0v) is 8.36. The van der Waals surface area contributed by atoms with Crippen molar-refractivity contribution in [3.63, 3.8) is 0 Å². The van der Waals surface area contributed by atoms with Crippen LogP contribution in [0, 0.1) is 5.92 Å². The fraction of sp³-hybridized carbons (Fsp3) is 0.364. The van der Waals surface area contributed by atoms with E-state index in [9.17, 15) is 4.79 Å². The van der Waals surface area contributed by atoms with E-state index in [0.29, 0.717) is 18.3 Å². The van der Waals surface area contributed by atoms with Gasteiger partial charge in [-0.25, -0.2) is 4.79 Å². The van der Waals surface area contributed by atoms with Crippen LogP contribution in [-0.4, -0.2) is 47.2 Å². The number of benzene rings is 1. The number of para-hydroxylation sites is 1. The molecular weight excluding hydrogens is 203 g/mol. The molecule has 0 radical (unpaired) electrons. The van der Waals surface area contributed by atoms with E-state index in [1.54, 1.807) is 18.2 Å². The minimum atomic E-state index is -0.954. The van der Waals surface area contributed by atoms with Crippen molar-refractivity contribution in [3.05, 3.63) is 29.8 Å². The molecule has 0 saturated carbocycles. The summed E-state index contributed by atoms with van der Waals surface area (Å²) in [6, 6.07) is 6.66. The number of hydrogen-bond acceptors (Lipinski definition) is 2. The van der Waals surface area contributed by atoms with Gasteiger partial charge in [0.25, 0.3) is 0 Å². The maximum atomic E-state index is 10.8. The third-order valence-corrected chi connectivity index (χ3v) is 1.69. The molecule has 1 N–H and O–H groups in total. The van der Waals surface area contributed by atoms with Gasteiger partial charge in [0.1, 0.15) is 11.3 Å². The van der Waals surface area contributed by atoms with Crippen molar-refractivity contribution in [2.24, 2.45) is 5.92 Å². The van der Waals surface area contributed by atoms with E-state index >= 15 is 0 Å². The van der Waals surface area contributed by atoms with Crippen LogP contribution in [0.25, 0.3) is 0 Å². The predicted molar refractivity (Wildman–Crippen MR) is 60.9 cm³/mol. The van der Waals surface area contributed by atoms with E-state index in [2.05, 4.69) is 0 Å². The molecule has 0 aliphatic heterocycles. The van der Waals surface area contributed by atoms with Gasteiger partial charge in [0.05, 0.1) is 6.61 Å². The number of aromatic carboxylic acids is 1. The summed E-state index contributed by atoms with van der Waals surface area (Å²) >= 11 is 0. The van der Waals surface area contributed by atoms with E-state index in [4.69, 9.17) is 9.84 Å². The molecule has 0 heterocycles. The standard InChI is InChI=1S/C11H14O3.Na.H/c1-8(2)7-14-10-6-4-3-5-9(10)11(12)13;;/h3-6,8H,7H2,1-2H3,(H,12,13);;. The normalized spacial score (nSPS) is 9.53. The minimum absolute atomic E-state index is 0. The second-order valence-corrected chi connectivity index (χ2v) is 3.51. The zero-order valence-electron chi connectivity index (χ0n) is 8.36. The summed E-state index contributed by atoms with van der Waals surface area (Å²) in [5.41, 5.74) is 0.216. The Morgan fingerprint density at radius 3 is 2.53 bits per heavy atom. The molecule has 0 bridgehead atoms. The molecule has 0 atom stereocenters. The number of carbonyl (C=O) groups is 1. The summed E-state index contributed by atoms with van der Waals surface area (Å²) in [7, 11) is 0. The van der Waals surface area contributed by atoms with Gasteiger partial charge in [-0.15, -0.1) is 0 Å². The van der Waals surface area contributed by atoms with E-state index in [1.807, 2.05) is 13.8 Å². The molecule has 0 saturated heterocycles. The topological polar surface area (TPSA) is 46.5 Å². The van der Waals surface area contributed by atoms with Crippen LogP contribution in [0.15, 0.2) is 24.3 Å². The van der Waals surface area contributed by atoms with Gasteiger partial charge in [0.2, 0.25) is 0 Å². The summed E-state index contributed by atoms with van der Waals surface area (Å²) in [6.07, 6.45) is 0. The van der Waals surface area contributed by atoms with Crippen LogP contribution in [0.5, 0.6) is 5.75 Å². The van der Waals surface area contributed by atoms with E-state index < -0.39 is 5.97 Å². The van der Waals surface area contributed by atoms with Gasteiger partial charge in [0, 0.05) is 0 Å². The number of carboxylic acids is 1. The van der Waals surface area contributed by atoms with Crippen LogP contribution >= 0.6 is 0 Å². The number of ether oxygens (including phenoxy) is 1. The Bertz CT molecular complexity index is 323. The molecule has 0 aliphatic rings. The maximum absolute atomic E-state index is 10.8. The molecule has 3 nitrogen and oxygen atoms in total. The first-order valence-electron chi connectivity index (χ1n) is 4.56. The first kappa shape index (κ1) is 14.5. The molecule has 0 unspecified atom stereocenters. The van der Waals surface area contributed by atoms with Crippen molar-refractivity contribution in [2.45, 2.75) is 13.8 Å². The Hall–Kier alpha value is -0.510. The predicted octanol–water partition coefficient (Wildman–Crippen LogP) is 1.77. The number of carboxylic acid groups (broad SMARTS) is 1. The van der Waals surface area contributed by atoms with Crippen molar-refractivity contribution in [2.75, 3.05) is 6.61 Å². The monoisotopic (exact) mass is 218 g/mol. The van der Waals surface area contributed by atoms with Crippen LogP contribution in [0.1, 0.15) is 24.2 Å². The summed E-state index contributed by atoms with van der Waals surface area (Å²) in [5.74, 6) is -0.130. The van der Waals surface area contributed by atoms with Crippen LogP contribution in [0.4, 0.5) is 0 Å². The molecule has 15 heavy (non-hydrogen) atoms. The fourth-order valence-corrected chi connectivity index (χ4v) is 1.03. The van der Waals surface area contributed by atoms with Gasteiger partial charge >= 0.3 is 35.5 Å². The van der Waals surface area contributed by atoms with Gasteiger partial charge in [-0.2, -0.15) is 0 Å². The van der Waals surface area contributed by atoms with Crippen molar-refractivity contribution in [1.29, 1.82) is 0 Å². The molecule has 0 aliphatic carbocycles. The second kappa shape index (κ2) is 6.88. The molecule has 78 valence electrons. The molecule has 0 aromatic heterocycles. The Labute approximate surface area is 112 Å². The molecule has 1 aromatic rings. The van der Waals surface area contributed by atoms with Gasteiger partial charge in [-0.3, -0.25) is 0 Å². The number of rotatable bonds is 4. The third-order valence-electron chi connectivity index (χ3n) is 1.69. The molecule has 0 amide bonds. The molecule has 1 aromatic carbocycles. The van der Waals surface area contributed by atoms with Crippen molar-refractivity contribution in [3.8, 4) is 5.75 Å². The Kier molecular flexibility index (Phi) is 6.65. The second-order valence-electron chi connectivity index (χ2n) is 3.51. The fourth-order valence-electron chi connectivity index (χ4n) is 1.03. The van der Waals surface area contributed by atoms with Crippen LogP contribution in [-0.2, 0) is 0 Å². The first-order valence-corrected chi connectivity index (χ1v) is 4.56. The summed E-state index contributed by atoms with van der Waals surface area (Å²) < 4.78 is 5.38. The van der Waals surface area contributed by atoms with Gasteiger partial charge in [-0.05, 0) is 18.1 Å². The van der Waals surface area contributed by atoms with Gasteiger partial charge < -0.3 is 9.84 Å². The Morgan fingerprint density at radius 2 is 2.00 bits per heavy atom. The Balaban J connectivity index is 0.00000196. The van der Waals surface area contributed by atoms with Crippen molar-refractivity contribution >= 4 is 35.5 Å². The third kappa shape index (κ3) is 4.69. The molecular formula is C11H15NaO3. The quantitative estimate of drug-likeness (QED) is 0.783. The van der Waals surface area contributed by atoms with E-state index in [-0.39, 0.29) is 35.1 Å².